The van der Waals surface area contributed by atoms with Crippen LogP contribution < -0.4 is 0 Å². The zero-order valence-corrected chi connectivity index (χ0v) is 26.0. The van der Waals surface area contributed by atoms with Gasteiger partial charge < -0.3 is 19.5 Å². The summed E-state index contributed by atoms with van der Waals surface area (Å²) in [6.07, 6.45) is 7.75. The molecule has 2 fully saturated rings. The molecule has 2 saturated heterocycles. The summed E-state index contributed by atoms with van der Waals surface area (Å²) in [4.78, 5) is 34.6. The summed E-state index contributed by atoms with van der Waals surface area (Å²) >= 11 is 1.81. The van der Waals surface area contributed by atoms with Crippen LogP contribution in [0.4, 0.5) is 4.79 Å². The van der Waals surface area contributed by atoms with E-state index in [-0.39, 0.29) is 12.1 Å². The maximum Gasteiger partial charge on any atom is 0.410 e. The Kier molecular flexibility index (Phi) is 7.14. The van der Waals surface area contributed by atoms with Gasteiger partial charge in [0, 0.05) is 21.7 Å². The molecule has 8 nitrogen and oxygen atoms in total. The number of carbonyl (C=O) groups is 1. The summed E-state index contributed by atoms with van der Waals surface area (Å²) < 4.78 is 6.89. The van der Waals surface area contributed by atoms with Gasteiger partial charge in [0.25, 0.3) is 0 Å². The van der Waals surface area contributed by atoms with Gasteiger partial charge in [-0.1, -0.05) is 36.4 Å². The molecule has 1 amide bonds. The fourth-order valence-corrected chi connectivity index (χ4v) is 7.41. The third-order valence-electron chi connectivity index (χ3n) is 8.53. The number of amides is 1. The molecule has 0 unspecified atom stereocenters. The Morgan fingerprint density at radius 2 is 1.51 bits per heavy atom. The highest BCUT2D eigenvalue weighted by Crippen LogP contribution is 2.38. The lowest BCUT2D eigenvalue weighted by Gasteiger charge is -2.27. The minimum Gasteiger partial charge on any atom is -0.444 e. The molecule has 2 aliphatic heterocycles. The Hall–Kier alpha value is -3.89. The van der Waals surface area contributed by atoms with Crippen molar-refractivity contribution in [3.63, 3.8) is 0 Å². The Morgan fingerprint density at radius 1 is 0.884 bits per heavy atom. The monoisotopic (exact) mass is 592 g/mol. The molecular formula is C33H37BN6O2S. The van der Waals surface area contributed by atoms with Crippen LogP contribution >= 0.6 is 11.3 Å². The van der Waals surface area contributed by atoms with E-state index < -0.39 is 5.60 Å². The summed E-state index contributed by atoms with van der Waals surface area (Å²) in [5.74, 6) is 1.87. The fourth-order valence-electron chi connectivity index (χ4n) is 6.31. The third-order valence-corrected chi connectivity index (χ3v) is 9.68. The maximum absolute atomic E-state index is 12.8. The fraction of sp³-hybridized carbons (Fsp3) is 0.364. The van der Waals surface area contributed by atoms with Crippen molar-refractivity contribution < 1.29 is 9.53 Å². The minimum absolute atomic E-state index is 0.0938. The van der Waals surface area contributed by atoms with Gasteiger partial charge in [-0.25, -0.2) is 14.8 Å². The molecule has 0 radical (unpaired) electrons. The van der Waals surface area contributed by atoms with Gasteiger partial charge in [-0.3, -0.25) is 4.90 Å². The van der Waals surface area contributed by atoms with E-state index in [1.165, 1.54) is 26.9 Å². The van der Waals surface area contributed by atoms with Crippen LogP contribution in [0.15, 0.2) is 60.9 Å². The second-order valence-electron chi connectivity index (χ2n) is 12.8. The summed E-state index contributed by atoms with van der Waals surface area (Å²) in [7, 11) is 2.18. The van der Waals surface area contributed by atoms with Crippen molar-refractivity contribution in [1.29, 1.82) is 0 Å². The van der Waals surface area contributed by atoms with Gasteiger partial charge in [0.1, 0.15) is 17.2 Å². The molecular weight excluding hydrogens is 555 g/mol. The predicted octanol–water partition coefficient (Wildman–Crippen LogP) is 7.11. The summed E-state index contributed by atoms with van der Waals surface area (Å²) in [6, 6.07) is 17.8. The first-order valence-electron chi connectivity index (χ1n) is 15.2. The van der Waals surface area contributed by atoms with Crippen LogP contribution in [0, 0.1) is 0 Å². The van der Waals surface area contributed by atoms with Gasteiger partial charge in [-0.05, 0) is 81.6 Å². The van der Waals surface area contributed by atoms with E-state index in [1.54, 1.807) is 4.90 Å². The first kappa shape index (κ1) is 27.9. The number of imidazole rings is 2. The van der Waals surface area contributed by atoms with Crippen LogP contribution in [0.3, 0.4) is 0 Å². The van der Waals surface area contributed by atoms with Crippen LogP contribution in [0.25, 0.3) is 43.0 Å². The predicted molar refractivity (Wildman–Crippen MR) is 175 cm³/mol. The number of ether oxygens (including phenoxy) is 1. The van der Waals surface area contributed by atoms with Crippen molar-refractivity contribution in [3.8, 4) is 33.0 Å². The average molecular weight is 593 g/mol. The number of aromatic nitrogens is 4. The SMILES string of the molecule is BN1CCC[C@H]1c1ncc(-c2ccc3cc(-c4ccc(-c5cnc([C@@H]6CCCN6C(=O)OC(C)(C)C)[nH]5)cc4)sc3c2)[nH]1. The van der Waals surface area contributed by atoms with Crippen LogP contribution in [-0.2, 0) is 4.74 Å². The number of rotatable bonds is 5. The van der Waals surface area contributed by atoms with Crippen LogP contribution in [0.5, 0.6) is 0 Å². The van der Waals surface area contributed by atoms with Crippen molar-refractivity contribution in [2.75, 3.05) is 13.1 Å². The number of carbonyl (C=O) groups excluding carboxylic acids is 1. The Labute approximate surface area is 256 Å². The smallest absolute Gasteiger partial charge is 0.410 e. The third kappa shape index (κ3) is 5.61. The van der Waals surface area contributed by atoms with Gasteiger partial charge >= 0.3 is 6.09 Å². The normalized spacial score (nSPS) is 19.5. The molecule has 2 aromatic carbocycles. The number of thiophene rings is 1. The molecule has 0 spiro atoms. The molecule has 0 saturated carbocycles. The molecule has 10 heteroatoms. The second-order valence-corrected chi connectivity index (χ2v) is 13.9. The van der Waals surface area contributed by atoms with Gasteiger partial charge in [0.05, 0.1) is 35.9 Å². The van der Waals surface area contributed by atoms with Crippen molar-refractivity contribution in [1.82, 2.24) is 29.6 Å². The standard InChI is InChI=1S/C33H37BN6O2S/c1-33(2,3)42-32(41)39-14-4-6-26(39)30-35-18-24(37-30)20-8-10-21(11-9-20)28-17-23-13-12-22(16-29(23)43-28)25-19-36-31(38-25)27-7-5-15-40(27)34/h8-13,16-19,26-27H,4-7,14-15,34H2,1-3H3,(H,35,37)(H,36,38)/t26-,27-/m0/s1. The number of aromatic amines is 2. The van der Waals surface area contributed by atoms with E-state index in [9.17, 15) is 4.79 Å². The number of fused-ring (bicyclic) bond motifs is 1. The zero-order valence-electron chi connectivity index (χ0n) is 25.2. The molecule has 0 bridgehead atoms. The van der Waals surface area contributed by atoms with Gasteiger partial charge in [-0.2, -0.15) is 0 Å². The van der Waals surface area contributed by atoms with E-state index in [1.807, 2.05) is 44.5 Å². The van der Waals surface area contributed by atoms with Crippen LogP contribution in [0.2, 0.25) is 0 Å². The molecule has 0 aliphatic carbocycles. The molecule has 7 rings (SSSR count). The lowest BCUT2D eigenvalue weighted by atomic mass is 10.1. The van der Waals surface area contributed by atoms with E-state index in [0.717, 1.165) is 60.0 Å². The largest absolute Gasteiger partial charge is 0.444 e. The van der Waals surface area contributed by atoms with Crippen molar-refractivity contribution in [2.24, 2.45) is 0 Å². The van der Waals surface area contributed by atoms with Crippen molar-refractivity contribution in [2.45, 2.75) is 64.1 Å². The molecule has 43 heavy (non-hydrogen) atoms. The van der Waals surface area contributed by atoms with E-state index in [0.29, 0.717) is 12.6 Å². The molecule has 2 aliphatic rings. The van der Waals surface area contributed by atoms with Gasteiger partial charge in [0.15, 0.2) is 7.98 Å². The summed E-state index contributed by atoms with van der Waals surface area (Å²) in [6.45, 7) is 7.50. The van der Waals surface area contributed by atoms with E-state index in [2.05, 4.69) is 76.3 Å². The second kappa shape index (κ2) is 11.0. The number of hydrogen-bond acceptors (Lipinski definition) is 6. The minimum atomic E-state index is -0.521. The Morgan fingerprint density at radius 3 is 2.21 bits per heavy atom. The van der Waals surface area contributed by atoms with Gasteiger partial charge in [0.2, 0.25) is 0 Å². The van der Waals surface area contributed by atoms with E-state index in [4.69, 9.17) is 9.72 Å². The number of nitrogens with one attached hydrogen (secondary N) is 2. The maximum atomic E-state index is 12.8. The number of benzene rings is 2. The molecule has 5 aromatic rings. The highest BCUT2D eigenvalue weighted by molar-refractivity contribution is 7.22. The topological polar surface area (TPSA) is 90.1 Å². The average Bonchev–Trinajstić information content (AvgIpc) is 3.81. The molecule has 2 N–H and O–H groups in total. The quantitative estimate of drug-likeness (QED) is 0.213. The first-order chi connectivity index (χ1) is 20.7. The Balaban J connectivity index is 1.07. The summed E-state index contributed by atoms with van der Waals surface area (Å²) in [5, 5.41) is 1.24. The molecule has 3 aromatic heterocycles. The van der Waals surface area contributed by atoms with Crippen LogP contribution in [0.1, 0.15) is 70.2 Å². The lowest BCUT2D eigenvalue weighted by Crippen LogP contribution is -2.36. The molecule has 2 atom stereocenters. The number of nitrogens with zero attached hydrogens (tertiary/aromatic N) is 4. The van der Waals surface area contributed by atoms with Crippen LogP contribution in [-0.4, -0.2) is 62.4 Å². The molecule has 5 heterocycles. The van der Waals surface area contributed by atoms with Crippen molar-refractivity contribution in [3.05, 3.63) is 72.6 Å². The zero-order chi connectivity index (χ0) is 29.7. The highest BCUT2D eigenvalue weighted by Gasteiger charge is 2.35. The summed E-state index contributed by atoms with van der Waals surface area (Å²) in [5.41, 5.74) is 4.91. The number of likely N-dealkylation sites (tertiary alicyclic amines) is 1. The number of H-pyrrole nitrogens is 2. The van der Waals surface area contributed by atoms with Crippen molar-refractivity contribution >= 4 is 35.5 Å². The number of hydrogen-bond donors (Lipinski definition) is 2. The Bertz CT molecular complexity index is 1770. The van der Waals surface area contributed by atoms with E-state index >= 15 is 0 Å². The van der Waals surface area contributed by atoms with Gasteiger partial charge in [-0.15, -0.1) is 11.3 Å². The highest BCUT2D eigenvalue weighted by atomic mass is 32.1. The first-order valence-corrected chi connectivity index (χ1v) is 16.0. The lowest BCUT2D eigenvalue weighted by molar-refractivity contribution is 0.0218. The molecule has 220 valence electrons.